The van der Waals surface area contributed by atoms with Gasteiger partial charge in [-0.2, -0.15) is 0 Å². The van der Waals surface area contributed by atoms with E-state index in [1.807, 2.05) is 0 Å². The predicted octanol–water partition coefficient (Wildman–Crippen LogP) is 4.12. The number of hydrogen-bond acceptors (Lipinski definition) is 1. The molecule has 0 radical (unpaired) electrons. The summed E-state index contributed by atoms with van der Waals surface area (Å²) in [5, 5.41) is 3.38. The van der Waals surface area contributed by atoms with Crippen LogP contribution in [0.3, 0.4) is 0 Å². The Bertz CT molecular complexity index is 354. The summed E-state index contributed by atoms with van der Waals surface area (Å²) in [4.78, 5) is 0. The lowest BCUT2D eigenvalue weighted by atomic mass is 9.70. The van der Waals surface area contributed by atoms with Gasteiger partial charge in [-0.05, 0) is 56.7 Å². The van der Waals surface area contributed by atoms with Gasteiger partial charge in [-0.1, -0.05) is 49.6 Å². The maximum Gasteiger partial charge on any atom is -0.00177 e. The van der Waals surface area contributed by atoms with Crippen molar-refractivity contribution < 1.29 is 0 Å². The third-order valence-corrected chi connectivity index (χ3v) is 4.65. The van der Waals surface area contributed by atoms with Gasteiger partial charge in [0.25, 0.3) is 0 Å². The van der Waals surface area contributed by atoms with Crippen LogP contribution in [0.25, 0.3) is 0 Å². The van der Waals surface area contributed by atoms with Crippen molar-refractivity contribution in [2.45, 2.75) is 45.4 Å². The van der Waals surface area contributed by atoms with Crippen LogP contribution >= 0.6 is 0 Å². The van der Waals surface area contributed by atoms with Crippen LogP contribution in [-0.4, -0.2) is 13.6 Å². The molecule has 1 N–H and O–H groups in total. The molecule has 2 rings (SSSR count). The Morgan fingerprint density at radius 3 is 2.50 bits per heavy atom. The quantitative estimate of drug-likeness (QED) is 0.841. The van der Waals surface area contributed by atoms with Gasteiger partial charge in [0.1, 0.15) is 0 Å². The van der Waals surface area contributed by atoms with Gasteiger partial charge in [-0.25, -0.2) is 0 Å². The van der Waals surface area contributed by atoms with Crippen molar-refractivity contribution in [1.82, 2.24) is 5.32 Å². The molecule has 1 aliphatic rings. The fourth-order valence-electron chi connectivity index (χ4n) is 3.42. The lowest BCUT2D eigenvalue weighted by Gasteiger charge is -2.36. The van der Waals surface area contributed by atoms with E-state index in [-0.39, 0.29) is 0 Å². The van der Waals surface area contributed by atoms with Crippen molar-refractivity contribution in [3.8, 4) is 0 Å². The zero-order valence-corrected chi connectivity index (χ0v) is 12.1. The molecular formula is C17H27N. The van der Waals surface area contributed by atoms with Crippen LogP contribution in [0.1, 0.15) is 49.7 Å². The molecule has 1 saturated carbocycles. The van der Waals surface area contributed by atoms with E-state index in [4.69, 9.17) is 0 Å². The van der Waals surface area contributed by atoms with E-state index in [9.17, 15) is 0 Å². The first-order chi connectivity index (χ1) is 8.74. The first kappa shape index (κ1) is 13.6. The largest absolute Gasteiger partial charge is 0.319 e. The van der Waals surface area contributed by atoms with E-state index < -0.39 is 0 Å². The second-order valence-corrected chi connectivity index (χ2v) is 5.92. The molecule has 0 aliphatic heterocycles. The zero-order chi connectivity index (χ0) is 13.0. The van der Waals surface area contributed by atoms with E-state index in [1.165, 1.54) is 31.2 Å². The van der Waals surface area contributed by atoms with Gasteiger partial charge < -0.3 is 5.32 Å². The Labute approximate surface area is 112 Å². The summed E-state index contributed by atoms with van der Waals surface area (Å²) in [7, 11) is 2.08. The molecule has 1 aromatic carbocycles. The normalized spacial score (nSPS) is 28.3. The number of hydrogen-bond donors (Lipinski definition) is 1. The van der Waals surface area contributed by atoms with E-state index in [1.54, 1.807) is 5.56 Å². The van der Waals surface area contributed by atoms with Crippen LogP contribution < -0.4 is 5.32 Å². The van der Waals surface area contributed by atoms with E-state index in [2.05, 4.69) is 50.5 Å². The van der Waals surface area contributed by atoms with Crippen molar-refractivity contribution in [2.24, 2.45) is 11.8 Å². The molecular weight excluding hydrogens is 218 g/mol. The SMILES string of the molecule is CCC1CCC(CNC)C(c2ccc(C)cc2)C1. The molecule has 0 aromatic heterocycles. The average Bonchev–Trinajstić information content (AvgIpc) is 2.40. The molecule has 100 valence electrons. The van der Waals surface area contributed by atoms with Gasteiger partial charge >= 0.3 is 0 Å². The van der Waals surface area contributed by atoms with Crippen molar-refractivity contribution in [1.29, 1.82) is 0 Å². The van der Waals surface area contributed by atoms with E-state index in [0.29, 0.717) is 0 Å². The van der Waals surface area contributed by atoms with Gasteiger partial charge in [0.15, 0.2) is 0 Å². The lowest BCUT2D eigenvalue weighted by molar-refractivity contribution is 0.228. The molecule has 3 unspecified atom stereocenters. The van der Waals surface area contributed by atoms with E-state index >= 15 is 0 Å². The molecule has 0 heterocycles. The maximum absolute atomic E-state index is 3.38. The number of nitrogens with one attached hydrogen (secondary N) is 1. The first-order valence-electron chi connectivity index (χ1n) is 7.45. The number of rotatable bonds is 4. The van der Waals surface area contributed by atoms with Crippen LogP contribution in [-0.2, 0) is 0 Å². The molecule has 1 fully saturated rings. The lowest BCUT2D eigenvalue weighted by Crippen LogP contribution is -2.30. The maximum atomic E-state index is 3.38. The van der Waals surface area contributed by atoms with Crippen LogP contribution in [0, 0.1) is 18.8 Å². The highest BCUT2D eigenvalue weighted by Gasteiger charge is 2.30. The molecule has 3 atom stereocenters. The highest BCUT2D eigenvalue weighted by Crippen LogP contribution is 2.41. The first-order valence-corrected chi connectivity index (χ1v) is 7.45. The molecule has 1 aliphatic carbocycles. The molecule has 18 heavy (non-hydrogen) atoms. The van der Waals surface area contributed by atoms with Gasteiger partial charge in [-0.15, -0.1) is 0 Å². The van der Waals surface area contributed by atoms with Crippen LogP contribution in [0.15, 0.2) is 24.3 Å². The summed E-state index contributed by atoms with van der Waals surface area (Å²) in [6, 6.07) is 9.23. The second kappa shape index (κ2) is 6.38. The smallest absolute Gasteiger partial charge is 0.00177 e. The Kier molecular flexibility index (Phi) is 4.82. The molecule has 0 amide bonds. The fourth-order valence-corrected chi connectivity index (χ4v) is 3.42. The Hall–Kier alpha value is -0.820. The van der Waals surface area contributed by atoms with Gasteiger partial charge in [0, 0.05) is 0 Å². The standard InChI is InChI=1S/C17H27N/c1-4-14-7-10-16(12-18-3)17(11-14)15-8-5-13(2)6-9-15/h5-6,8-9,14,16-18H,4,7,10-12H2,1-3H3. The monoisotopic (exact) mass is 245 g/mol. The summed E-state index contributed by atoms with van der Waals surface area (Å²) < 4.78 is 0. The molecule has 1 heteroatoms. The second-order valence-electron chi connectivity index (χ2n) is 5.92. The highest BCUT2D eigenvalue weighted by molar-refractivity contribution is 5.25. The highest BCUT2D eigenvalue weighted by atomic mass is 14.8. The minimum absolute atomic E-state index is 0.761. The number of aryl methyl sites for hydroxylation is 1. The van der Waals surface area contributed by atoms with Crippen molar-refractivity contribution >= 4 is 0 Å². The summed E-state index contributed by atoms with van der Waals surface area (Å²) >= 11 is 0. The molecule has 1 aromatic rings. The molecule has 0 saturated heterocycles. The van der Waals surface area contributed by atoms with E-state index in [0.717, 1.165) is 24.3 Å². The van der Waals surface area contributed by atoms with Gasteiger partial charge in [-0.3, -0.25) is 0 Å². The topological polar surface area (TPSA) is 12.0 Å². The molecule has 0 spiro atoms. The van der Waals surface area contributed by atoms with Crippen molar-refractivity contribution in [3.63, 3.8) is 0 Å². The molecule has 0 bridgehead atoms. The third kappa shape index (κ3) is 3.14. The van der Waals surface area contributed by atoms with Gasteiger partial charge in [0.05, 0.1) is 0 Å². The van der Waals surface area contributed by atoms with Crippen molar-refractivity contribution in [3.05, 3.63) is 35.4 Å². The minimum Gasteiger partial charge on any atom is -0.319 e. The van der Waals surface area contributed by atoms with Gasteiger partial charge in [0.2, 0.25) is 0 Å². The average molecular weight is 245 g/mol. The summed E-state index contributed by atoms with van der Waals surface area (Å²) in [6.07, 6.45) is 5.53. The Morgan fingerprint density at radius 1 is 1.17 bits per heavy atom. The Balaban J connectivity index is 2.15. The van der Waals surface area contributed by atoms with Crippen LogP contribution in [0.4, 0.5) is 0 Å². The Morgan fingerprint density at radius 2 is 1.89 bits per heavy atom. The minimum atomic E-state index is 0.761. The fraction of sp³-hybridized carbons (Fsp3) is 0.647. The number of benzene rings is 1. The van der Waals surface area contributed by atoms with Crippen molar-refractivity contribution in [2.75, 3.05) is 13.6 Å². The predicted molar refractivity (Wildman–Crippen MR) is 79.0 cm³/mol. The zero-order valence-electron chi connectivity index (χ0n) is 12.1. The molecule has 1 nitrogen and oxygen atoms in total. The third-order valence-electron chi connectivity index (χ3n) is 4.65. The summed E-state index contributed by atoms with van der Waals surface area (Å²) in [5.41, 5.74) is 2.92. The summed E-state index contributed by atoms with van der Waals surface area (Å²) in [6.45, 7) is 5.68. The van der Waals surface area contributed by atoms with Crippen LogP contribution in [0.5, 0.6) is 0 Å². The van der Waals surface area contributed by atoms with Crippen LogP contribution in [0.2, 0.25) is 0 Å². The summed E-state index contributed by atoms with van der Waals surface area (Å²) in [5.74, 6) is 2.52.